The van der Waals surface area contributed by atoms with Gasteiger partial charge in [-0.2, -0.15) is 0 Å². The molecule has 98 valence electrons. The fourth-order valence-corrected chi connectivity index (χ4v) is 1.29. The van der Waals surface area contributed by atoms with E-state index in [1.807, 2.05) is 12.1 Å². The number of nitrogens with zero attached hydrogens (tertiary/aromatic N) is 1. The minimum absolute atomic E-state index is 0.0439. The second-order valence-electron chi connectivity index (χ2n) is 4.44. The zero-order valence-electron chi connectivity index (χ0n) is 10.9. The number of hydrogen-bond acceptors (Lipinski definition) is 3. The van der Waals surface area contributed by atoms with Crippen molar-refractivity contribution in [3.63, 3.8) is 0 Å². The van der Waals surface area contributed by atoms with Crippen LogP contribution in [0.25, 0.3) is 0 Å². The van der Waals surface area contributed by atoms with E-state index in [0.717, 1.165) is 5.56 Å². The fraction of sp³-hybridized carbons (Fsp3) is 0.385. The van der Waals surface area contributed by atoms with Crippen LogP contribution in [-0.4, -0.2) is 36.9 Å². The molecule has 2 amide bonds. The molecule has 1 rings (SSSR count). The van der Waals surface area contributed by atoms with E-state index in [2.05, 4.69) is 5.32 Å². The van der Waals surface area contributed by atoms with Crippen molar-refractivity contribution >= 4 is 17.5 Å². The van der Waals surface area contributed by atoms with Crippen molar-refractivity contribution in [2.24, 2.45) is 5.73 Å². The molecule has 0 aliphatic heterocycles. The highest BCUT2D eigenvalue weighted by atomic mass is 16.2. The fourth-order valence-electron chi connectivity index (χ4n) is 1.29. The zero-order chi connectivity index (χ0) is 13.7. The van der Waals surface area contributed by atoms with Crippen LogP contribution in [0.2, 0.25) is 0 Å². The first-order valence-corrected chi connectivity index (χ1v) is 5.75. The molecule has 0 aromatic heterocycles. The minimum Gasteiger partial charge on any atom is -0.349 e. The van der Waals surface area contributed by atoms with Crippen molar-refractivity contribution in [1.82, 2.24) is 4.90 Å². The van der Waals surface area contributed by atoms with Crippen LogP contribution < -0.4 is 11.1 Å². The second kappa shape index (κ2) is 6.16. The summed E-state index contributed by atoms with van der Waals surface area (Å²) in [7, 11) is 3.44. The minimum atomic E-state index is -0.542. The summed E-state index contributed by atoms with van der Waals surface area (Å²) in [5.41, 5.74) is 7.04. The molecule has 5 heteroatoms. The lowest BCUT2D eigenvalue weighted by Crippen LogP contribution is -2.32. The average molecular weight is 249 g/mol. The van der Waals surface area contributed by atoms with Crippen LogP contribution in [0.4, 0.5) is 5.69 Å². The molecule has 0 heterocycles. The second-order valence-corrected chi connectivity index (χ2v) is 4.44. The number of nitrogens with one attached hydrogen (secondary N) is 1. The summed E-state index contributed by atoms with van der Waals surface area (Å²) in [6, 6.07) is 6.62. The molecule has 0 fully saturated rings. The molecule has 1 unspecified atom stereocenters. The zero-order valence-corrected chi connectivity index (χ0v) is 10.9. The van der Waals surface area contributed by atoms with Gasteiger partial charge < -0.3 is 16.0 Å². The molecule has 0 radical (unpaired) electrons. The van der Waals surface area contributed by atoms with Crippen molar-refractivity contribution in [1.29, 1.82) is 0 Å². The summed E-state index contributed by atoms with van der Waals surface area (Å²) >= 11 is 0. The number of nitrogens with two attached hydrogens (primary N) is 1. The predicted molar refractivity (Wildman–Crippen MR) is 71.1 cm³/mol. The van der Waals surface area contributed by atoms with Gasteiger partial charge in [-0.25, -0.2) is 0 Å². The van der Waals surface area contributed by atoms with Gasteiger partial charge in [-0.15, -0.1) is 0 Å². The number of likely N-dealkylation sites (N-methyl/N-ethyl adjacent to an activating group) is 1. The Bertz CT molecular complexity index is 383. The van der Waals surface area contributed by atoms with E-state index in [0.29, 0.717) is 12.1 Å². The Labute approximate surface area is 107 Å². The largest absolute Gasteiger partial charge is 0.349 e. The van der Waals surface area contributed by atoms with Gasteiger partial charge in [-0.05, 0) is 24.6 Å². The molecule has 18 heavy (non-hydrogen) atoms. The first-order chi connectivity index (χ1) is 8.40. The summed E-state index contributed by atoms with van der Waals surface area (Å²) in [5, 5.41) is 2.69. The molecule has 0 aliphatic rings. The van der Waals surface area contributed by atoms with Crippen LogP contribution in [0.3, 0.4) is 0 Å². The van der Waals surface area contributed by atoms with E-state index in [-0.39, 0.29) is 11.8 Å². The third-order valence-corrected chi connectivity index (χ3v) is 2.49. The van der Waals surface area contributed by atoms with E-state index < -0.39 is 6.04 Å². The summed E-state index contributed by atoms with van der Waals surface area (Å²) in [5.74, 6) is -0.186. The van der Waals surface area contributed by atoms with Crippen LogP contribution in [0, 0.1) is 0 Å². The predicted octanol–water partition coefficient (Wildman–Crippen LogP) is 0.603. The average Bonchev–Trinajstić information content (AvgIpc) is 2.31. The van der Waals surface area contributed by atoms with Crippen LogP contribution in [0.1, 0.15) is 12.5 Å². The number of carbonyl (C=O) groups is 2. The lowest BCUT2D eigenvalue weighted by atomic mass is 10.1. The Hall–Kier alpha value is -1.88. The van der Waals surface area contributed by atoms with E-state index in [1.54, 1.807) is 38.1 Å². The molecule has 0 saturated carbocycles. The molecule has 1 aromatic carbocycles. The summed E-state index contributed by atoms with van der Waals surface area (Å²) in [4.78, 5) is 24.4. The molecular formula is C13H19N3O2. The number of carbonyl (C=O) groups excluding carboxylic acids is 2. The summed E-state index contributed by atoms with van der Waals surface area (Å²) < 4.78 is 0. The van der Waals surface area contributed by atoms with Crippen LogP contribution in [-0.2, 0) is 16.0 Å². The highest BCUT2D eigenvalue weighted by molar-refractivity contribution is 5.94. The normalized spacial score (nSPS) is 11.8. The van der Waals surface area contributed by atoms with E-state index in [9.17, 15) is 9.59 Å². The number of hydrogen-bond donors (Lipinski definition) is 2. The van der Waals surface area contributed by atoms with Crippen molar-refractivity contribution in [2.75, 3.05) is 19.4 Å². The summed E-state index contributed by atoms with van der Waals surface area (Å²) in [6.45, 7) is 1.62. The smallest absolute Gasteiger partial charge is 0.240 e. The number of rotatable bonds is 4. The highest BCUT2D eigenvalue weighted by Crippen LogP contribution is 2.10. The Morgan fingerprint density at radius 3 is 2.28 bits per heavy atom. The van der Waals surface area contributed by atoms with Gasteiger partial charge in [0.25, 0.3) is 0 Å². The third kappa shape index (κ3) is 4.18. The Morgan fingerprint density at radius 2 is 1.83 bits per heavy atom. The van der Waals surface area contributed by atoms with E-state index >= 15 is 0 Å². The Morgan fingerprint density at radius 1 is 1.28 bits per heavy atom. The highest BCUT2D eigenvalue weighted by Gasteiger charge is 2.08. The van der Waals surface area contributed by atoms with Gasteiger partial charge >= 0.3 is 0 Å². The lowest BCUT2D eigenvalue weighted by molar-refractivity contribution is -0.128. The quantitative estimate of drug-likeness (QED) is 0.820. The van der Waals surface area contributed by atoms with Crippen LogP contribution in [0.5, 0.6) is 0 Å². The topological polar surface area (TPSA) is 75.4 Å². The van der Waals surface area contributed by atoms with Gasteiger partial charge in [0, 0.05) is 19.8 Å². The van der Waals surface area contributed by atoms with Gasteiger partial charge in [0.15, 0.2) is 0 Å². The van der Waals surface area contributed by atoms with Crippen molar-refractivity contribution in [3.8, 4) is 0 Å². The van der Waals surface area contributed by atoms with Crippen molar-refractivity contribution in [3.05, 3.63) is 29.8 Å². The standard InChI is InChI=1S/C13H19N3O2/c1-9(14)13(18)15-11-6-4-10(5-7-11)8-12(17)16(2)3/h4-7,9H,8,14H2,1-3H3,(H,15,18). The van der Waals surface area contributed by atoms with Gasteiger partial charge in [0.1, 0.15) is 0 Å². The molecule has 0 spiro atoms. The first kappa shape index (κ1) is 14.2. The van der Waals surface area contributed by atoms with Crippen LogP contribution >= 0.6 is 0 Å². The summed E-state index contributed by atoms with van der Waals surface area (Å²) in [6.07, 6.45) is 0.356. The third-order valence-electron chi connectivity index (χ3n) is 2.49. The Balaban J connectivity index is 2.63. The van der Waals surface area contributed by atoms with E-state index in [4.69, 9.17) is 5.73 Å². The van der Waals surface area contributed by atoms with Gasteiger partial charge in [-0.1, -0.05) is 12.1 Å². The number of benzene rings is 1. The van der Waals surface area contributed by atoms with Crippen LogP contribution in [0.15, 0.2) is 24.3 Å². The molecule has 0 saturated heterocycles. The van der Waals surface area contributed by atoms with Crippen molar-refractivity contribution < 1.29 is 9.59 Å². The maximum absolute atomic E-state index is 11.5. The molecule has 1 aromatic rings. The van der Waals surface area contributed by atoms with Gasteiger partial charge in [-0.3, -0.25) is 9.59 Å². The van der Waals surface area contributed by atoms with Gasteiger partial charge in [0.2, 0.25) is 11.8 Å². The maximum atomic E-state index is 11.5. The molecule has 0 aliphatic carbocycles. The SMILES string of the molecule is CC(N)C(=O)Nc1ccc(CC(=O)N(C)C)cc1. The monoisotopic (exact) mass is 249 g/mol. The molecule has 5 nitrogen and oxygen atoms in total. The number of amides is 2. The molecule has 0 bridgehead atoms. The maximum Gasteiger partial charge on any atom is 0.240 e. The van der Waals surface area contributed by atoms with Gasteiger partial charge in [0.05, 0.1) is 12.5 Å². The molecular weight excluding hydrogens is 230 g/mol. The lowest BCUT2D eigenvalue weighted by Gasteiger charge is -2.11. The Kier molecular flexibility index (Phi) is 4.85. The van der Waals surface area contributed by atoms with E-state index in [1.165, 1.54) is 0 Å². The first-order valence-electron chi connectivity index (χ1n) is 5.75. The molecule has 1 atom stereocenters. The number of anilines is 1. The van der Waals surface area contributed by atoms with Crippen molar-refractivity contribution in [2.45, 2.75) is 19.4 Å². The molecule has 3 N–H and O–H groups in total.